The van der Waals surface area contributed by atoms with Crippen molar-refractivity contribution in [2.45, 2.75) is 26.0 Å². The number of ether oxygens (including phenoxy) is 3. The van der Waals surface area contributed by atoms with E-state index in [2.05, 4.69) is 66.2 Å². The van der Waals surface area contributed by atoms with Crippen LogP contribution >= 0.6 is 0 Å². The maximum atomic E-state index is 11.1. The largest absolute Gasteiger partial charge is 0.497 e. The summed E-state index contributed by atoms with van der Waals surface area (Å²) >= 11 is 0. The van der Waals surface area contributed by atoms with Crippen LogP contribution in [0.2, 0.25) is 0 Å². The second kappa shape index (κ2) is 12.5. The van der Waals surface area contributed by atoms with Gasteiger partial charge in [0.15, 0.2) is 0 Å². The van der Waals surface area contributed by atoms with Gasteiger partial charge in [0.05, 0.1) is 34.0 Å². The molecule has 1 aliphatic rings. The monoisotopic (exact) mass is 527 g/mol. The number of quaternary nitrogens is 1. The molecule has 0 saturated carbocycles. The van der Waals surface area contributed by atoms with E-state index in [4.69, 9.17) is 14.2 Å². The number of para-hydroxylation sites is 1. The number of hydrogen-bond acceptors (Lipinski definition) is 4. The molecule has 0 amide bonds. The summed E-state index contributed by atoms with van der Waals surface area (Å²) in [6, 6.07) is 25.1. The Morgan fingerprint density at radius 2 is 1.49 bits per heavy atom. The minimum atomic E-state index is -0.432. The first kappa shape index (κ1) is 27.0. The molecule has 1 aliphatic heterocycles. The van der Waals surface area contributed by atoms with E-state index < -0.39 is 6.10 Å². The number of allylic oxidation sites excluding steroid dienone is 1. The van der Waals surface area contributed by atoms with Gasteiger partial charge in [-0.25, -0.2) is 0 Å². The van der Waals surface area contributed by atoms with Gasteiger partial charge in [0.2, 0.25) is 0 Å². The lowest BCUT2D eigenvalue weighted by molar-refractivity contribution is -0.911. The summed E-state index contributed by atoms with van der Waals surface area (Å²) in [5.74, 6) is 1.66. The third-order valence-corrected chi connectivity index (χ3v) is 7.66. The number of aliphatic hydroxyl groups excluding tert-OH is 1. The van der Waals surface area contributed by atoms with E-state index in [1.807, 2.05) is 24.3 Å². The highest BCUT2D eigenvalue weighted by atomic mass is 16.5. The Kier molecular flexibility index (Phi) is 8.67. The van der Waals surface area contributed by atoms with Crippen molar-refractivity contribution in [3.8, 4) is 11.5 Å². The van der Waals surface area contributed by atoms with Crippen LogP contribution in [0.1, 0.15) is 30.0 Å². The van der Waals surface area contributed by atoms with Crippen molar-refractivity contribution in [3.05, 3.63) is 95.7 Å². The van der Waals surface area contributed by atoms with E-state index in [0.29, 0.717) is 6.54 Å². The predicted molar refractivity (Wildman–Crippen MR) is 157 cm³/mol. The quantitative estimate of drug-likeness (QED) is 0.323. The summed E-state index contributed by atoms with van der Waals surface area (Å²) in [6.07, 6.45) is 2.65. The maximum absolute atomic E-state index is 11.1. The van der Waals surface area contributed by atoms with Gasteiger partial charge in [-0.1, -0.05) is 49.4 Å². The van der Waals surface area contributed by atoms with E-state index in [0.717, 1.165) is 67.4 Å². The van der Waals surface area contributed by atoms with Crippen LogP contribution in [0.15, 0.2) is 79.0 Å². The zero-order chi connectivity index (χ0) is 27.2. The molecule has 2 N–H and O–H groups in total. The third kappa shape index (κ3) is 6.04. The molecule has 1 fully saturated rings. The molecule has 39 heavy (non-hydrogen) atoms. The van der Waals surface area contributed by atoms with E-state index in [-0.39, 0.29) is 0 Å². The van der Waals surface area contributed by atoms with Gasteiger partial charge in [0, 0.05) is 22.7 Å². The number of hydrogen-bond donors (Lipinski definition) is 2. The van der Waals surface area contributed by atoms with Crippen molar-refractivity contribution in [3.63, 3.8) is 0 Å². The van der Waals surface area contributed by atoms with Crippen LogP contribution in [0, 0.1) is 0 Å². The molecule has 6 heteroatoms. The van der Waals surface area contributed by atoms with Crippen LogP contribution in [0.3, 0.4) is 0 Å². The van der Waals surface area contributed by atoms with Gasteiger partial charge < -0.3 is 28.8 Å². The minimum absolute atomic E-state index is 0.432. The molecule has 3 aromatic carbocycles. The molecule has 204 valence electrons. The Bertz CT molecular complexity index is 1350. The van der Waals surface area contributed by atoms with E-state index in [1.54, 1.807) is 14.2 Å². The van der Waals surface area contributed by atoms with Crippen LogP contribution in [-0.2, 0) is 11.3 Å². The molecule has 1 saturated heterocycles. The number of nitrogens with zero attached hydrogens (tertiary/aromatic N) is 1. The standard InChI is InChI=1S/C33H38N2O4/c1-4-29(33(24-9-13-27(37-2)14-10-24)25-11-15-28(38-3)16-12-25)31-23-35(32-8-6-5-7-30(31)32)22-26(36)21-34-17-19-39-20-18-34/h5-16,23,26,36H,4,17-22H2,1-3H3/p+1/t26-/m0/s1. The number of methoxy groups -OCH3 is 2. The lowest BCUT2D eigenvalue weighted by atomic mass is 9.88. The highest BCUT2D eigenvalue weighted by Gasteiger charge is 2.22. The average molecular weight is 528 g/mol. The first-order chi connectivity index (χ1) is 19.1. The number of morpholine rings is 1. The molecule has 5 rings (SSSR count). The lowest BCUT2D eigenvalue weighted by Crippen LogP contribution is -3.15. The zero-order valence-corrected chi connectivity index (χ0v) is 23.2. The molecule has 6 nitrogen and oxygen atoms in total. The van der Waals surface area contributed by atoms with Gasteiger partial charge >= 0.3 is 0 Å². The first-order valence-electron chi connectivity index (χ1n) is 13.8. The highest BCUT2D eigenvalue weighted by molar-refractivity contribution is 6.05. The highest BCUT2D eigenvalue weighted by Crippen LogP contribution is 2.39. The van der Waals surface area contributed by atoms with Crippen molar-refractivity contribution in [1.29, 1.82) is 0 Å². The molecule has 1 atom stereocenters. The third-order valence-electron chi connectivity index (χ3n) is 7.66. The summed E-state index contributed by atoms with van der Waals surface area (Å²) in [5.41, 5.74) is 7.03. The van der Waals surface area contributed by atoms with Gasteiger partial charge in [-0.2, -0.15) is 0 Å². The molecule has 4 aromatic rings. The number of rotatable bonds is 10. The molecule has 0 aliphatic carbocycles. The molecule has 2 heterocycles. The fourth-order valence-corrected chi connectivity index (χ4v) is 5.66. The number of benzene rings is 3. The van der Waals surface area contributed by atoms with E-state index >= 15 is 0 Å². The van der Waals surface area contributed by atoms with Crippen LogP contribution in [-0.4, -0.2) is 62.8 Å². The molecular weight excluding hydrogens is 488 g/mol. The van der Waals surface area contributed by atoms with Crippen molar-refractivity contribution in [1.82, 2.24) is 4.57 Å². The minimum Gasteiger partial charge on any atom is -0.497 e. The normalized spacial score (nSPS) is 14.8. The Hall–Kier alpha value is -3.58. The summed E-state index contributed by atoms with van der Waals surface area (Å²) in [6.45, 7) is 6.93. The van der Waals surface area contributed by atoms with E-state index in [9.17, 15) is 5.11 Å². The SMILES string of the molecule is CCC(=C(c1ccc(OC)cc1)c1ccc(OC)cc1)c1cn(C[C@@H](O)C[NH+]2CCOCC2)c2ccccc12. The van der Waals surface area contributed by atoms with Crippen molar-refractivity contribution in [2.75, 3.05) is 47.1 Å². The first-order valence-corrected chi connectivity index (χ1v) is 13.8. The van der Waals surface area contributed by atoms with E-state index in [1.165, 1.54) is 27.0 Å². The number of nitrogens with one attached hydrogen (secondary N) is 1. The zero-order valence-electron chi connectivity index (χ0n) is 23.2. The predicted octanol–water partition coefficient (Wildman–Crippen LogP) is 4.30. The maximum Gasteiger partial charge on any atom is 0.121 e. The summed E-state index contributed by atoms with van der Waals surface area (Å²) < 4.78 is 18.6. The van der Waals surface area contributed by atoms with Crippen molar-refractivity contribution >= 4 is 22.0 Å². The Morgan fingerprint density at radius 3 is 2.05 bits per heavy atom. The molecule has 0 unspecified atom stereocenters. The molecule has 1 aromatic heterocycles. The van der Waals surface area contributed by atoms with Crippen molar-refractivity contribution in [2.24, 2.45) is 0 Å². The number of fused-ring (bicyclic) bond motifs is 1. The van der Waals surface area contributed by atoms with Crippen LogP contribution in [0.4, 0.5) is 0 Å². The summed E-state index contributed by atoms with van der Waals surface area (Å²) in [7, 11) is 3.38. The molecular formula is C33H39N2O4+. The lowest BCUT2D eigenvalue weighted by Gasteiger charge is -2.26. The Labute approximate surface area is 231 Å². The number of aromatic nitrogens is 1. The fraction of sp³-hybridized carbons (Fsp3) is 0.333. The summed E-state index contributed by atoms with van der Waals surface area (Å²) in [4.78, 5) is 1.40. The average Bonchev–Trinajstić information content (AvgIpc) is 3.34. The van der Waals surface area contributed by atoms with Crippen LogP contribution in [0.25, 0.3) is 22.0 Å². The van der Waals surface area contributed by atoms with Gasteiger partial charge in [-0.05, 0) is 59.0 Å². The van der Waals surface area contributed by atoms with Gasteiger partial charge in [0.1, 0.15) is 37.2 Å². The molecule has 0 spiro atoms. The molecule has 0 bridgehead atoms. The number of aliphatic hydroxyl groups is 1. The fourth-order valence-electron chi connectivity index (χ4n) is 5.66. The smallest absolute Gasteiger partial charge is 0.121 e. The van der Waals surface area contributed by atoms with Crippen LogP contribution < -0.4 is 14.4 Å². The van der Waals surface area contributed by atoms with Gasteiger partial charge in [-0.15, -0.1) is 0 Å². The Balaban J connectivity index is 1.60. The van der Waals surface area contributed by atoms with Gasteiger partial charge in [0.25, 0.3) is 0 Å². The Morgan fingerprint density at radius 1 is 0.897 bits per heavy atom. The second-order valence-electron chi connectivity index (χ2n) is 10.1. The molecule has 0 radical (unpaired) electrons. The second-order valence-corrected chi connectivity index (χ2v) is 10.1. The van der Waals surface area contributed by atoms with Crippen LogP contribution in [0.5, 0.6) is 11.5 Å². The van der Waals surface area contributed by atoms with Crippen molar-refractivity contribution < 1.29 is 24.2 Å². The topological polar surface area (TPSA) is 57.3 Å². The van der Waals surface area contributed by atoms with Gasteiger partial charge in [-0.3, -0.25) is 0 Å². The summed E-state index contributed by atoms with van der Waals surface area (Å²) in [5, 5.41) is 12.3.